The molecule has 3 heterocycles. The molecule has 0 N–H and O–H groups in total. The van der Waals surface area contributed by atoms with E-state index in [9.17, 15) is 4.79 Å². The molecule has 5 atom stereocenters. The molecule has 2 saturated heterocycles. The van der Waals surface area contributed by atoms with Crippen LogP contribution in [0, 0.1) is 0 Å². The summed E-state index contributed by atoms with van der Waals surface area (Å²) < 4.78 is 29.4. The summed E-state index contributed by atoms with van der Waals surface area (Å²) in [6.07, 6.45) is -0.472. The fourth-order valence-electron chi connectivity index (χ4n) is 3.45. The molecule has 0 amide bonds. The van der Waals surface area contributed by atoms with Gasteiger partial charge in [0.25, 0.3) is 0 Å². The number of cyclic esters (lactones) is 1. The Kier molecular flexibility index (Phi) is 4.16. The van der Waals surface area contributed by atoms with E-state index in [-0.39, 0.29) is 12.1 Å². The maximum Gasteiger partial charge on any atom is 0.334 e. The molecule has 1 aromatic carbocycles. The number of hydrogen-bond acceptors (Lipinski definition) is 6. The lowest BCUT2D eigenvalue weighted by molar-refractivity contribution is -0.228. The minimum atomic E-state index is -0.729. The van der Waals surface area contributed by atoms with Gasteiger partial charge in [-0.15, -0.1) is 0 Å². The summed E-state index contributed by atoms with van der Waals surface area (Å²) in [6, 6.07) is 9.89. The van der Waals surface area contributed by atoms with E-state index in [0.29, 0.717) is 12.2 Å². The van der Waals surface area contributed by atoms with Gasteiger partial charge in [-0.3, -0.25) is 0 Å². The molecule has 0 radical (unpaired) electrons. The highest BCUT2D eigenvalue weighted by atomic mass is 16.8. The van der Waals surface area contributed by atoms with E-state index in [1.54, 1.807) is 13.0 Å². The second-order valence-electron chi connectivity index (χ2n) is 7.05. The zero-order valence-corrected chi connectivity index (χ0v) is 14.5. The highest BCUT2D eigenvalue weighted by Crippen LogP contribution is 2.41. The quantitative estimate of drug-likeness (QED) is 0.780. The van der Waals surface area contributed by atoms with Crippen molar-refractivity contribution < 1.29 is 28.5 Å². The SMILES string of the molecule is CC1=CC([C@@H]2O[C@H]3OC(C)(C)OC3C2OCc2ccccc2)OC1=O. The van der Waals surface area contributed by atoms with Crippen molar-refractivity contribution in [2.24, 2.45) is 0 Å². The topological polar surface area (TPSA) is 63.2 Å². The van der Waals surface area contributed by atoms with Crippen LogP contribution in [0.2, 0.25) is 0 Å². The zero-order chi connectivity index (χ0) is 17.6. The van der Waals surface area contributed by atoms with Crippen LogP contribution in [0.5, 0.6) is 0 Å². The third-order valence-corrected chi connectivity index (χ3v) is 4.62. The predicted molar refractivity (Wildman–Crippen MR) is 87.4 cm³/mol. The molecule has 6 nitrogen and oxygen atoms in total. The van der Waals surface area contributed by atoms with Gasteiger partial charge in [0.05, 0.1) is 6.61 Å². The van der Waals surface area contributed by atoms with Crippen molar-refractivity contribution in [2.45, 2.75) is 63.9 Å². The smallest absolute Gasteiger partial charge is 0.334 e. The Labute approximate surface area is 146 Å². The van der Waals surface area contributed by atoms with E-state index < -0.39 is 30.4 Å². The molecule has 3 aliphatic rings. The van der Waals surface area contributed by atoms with Gasteiger partial charge in [0.2, 0.25) is 0 Å². The number of esters is 1. The van der Waals surface area contributed by atoms with Gasteiger partial charge >= 0.3 is 5.97 Å². The van der Waals surface area contributed by atoms with E-state index in [1.807, 2.05) is 44.2 Å². The van der Waals surface area contributed by atoms with Crippen LogP contribution in [-0.4, -0.2) is 42.5 Å². The number of carbonyl (C=O) groups excluding carboxylic acids is 1. The van der Waals surface area contributed by atoms with Crippen molar-refractivity contribution >= 4 is 5.97 Å². The lowest BCUT2D eigenvalue weighted by Gasteiger charge is -2.28. The second-order valence-corrected chi connectivity index (χ2v) is 7.05. The number of hydrogen-bond donors (Lipinski definition) is 0. The Bertz CT molecular complexity index is 682. The molecule has 6 heteroatoms. The number of benzene rings is 1. The Hall–Kier alpha value is -1.73. The van der Waals surface area contributed by atoms with Gasteiger partial charge in [0.1, 0.15) is 24.4 Å². The van der Waals surface area contributed by atoms with Crippen molar-refractivity contribution in [2.75, 3.05) is 0 Å². The van der Waals surface area contributed by atoms with Crippen LogP contribution in [-0.2, 0) is 35.1 Å². The van der Waals surface area contributed by atoms with Gasteiger partial charge in [-0.25, -0.2) is 4.79 Å². The predicted octanol–water partition coefficient (Wildman–Crippen LogP) is 2.32. The van der Waals surface area contributed by atoms with Gasteiger partial charge in [-0.05, 0) is 32.4 Å². The molecule has 0 bridgehead atoms. The zero-order valence-electron chi connectivity index (χ0n) is 14.5. The minimum absolute atomic E-state index is 0.324. The number of carbonyl (C=O) groups is 1. The highest BCUT2D eigenvalue weighted by Gasteiger charge is 2.58. The molecule has 134 valence electrons. The molecule has 3 unspecified atom stereocenters. The second kappa shape index (κ2) is 6.21. The third-order valence-electron chi connectivity index (χ3n) is 4.62. The molecule has 4 rings (SSSR count). The average Bonchev–Trinajstić information content (AvgIpc) is 3.16. The molecule has 2 fully saturated rings. The largest absolute Gasteiger partial charge is 0.452 e. The van der Waals surface area contributed by atoms with Crippen molar-refractivity contribution in [3.8, 4) is 0 Å². The van der Waals surface area contributed by atoms with Crippen LogP contribution in [0.4, 0.5) is 0 Å². The molecule has 0 spiro atoms. The fourth-order valence-corrected chi connectivity index (χ4v) is 3.45. The summed E-state index contributed by atoms with van der Waals surface area (Å²) in [4.78, 5) is 11.7. The fraction of sp³-hybridized carbons (Fsp3) is 0.526. The maximum absolute atomic E-state index is 11.7. The Balaban J connectivity index is 1.53. The average molecular weight is 346 g/mol. The summed E-state index contributed by atoms with van der Waals surface area (Å²) in [5.41, 5.74) is 1.63. The Morgan fingerprint density at radius 2 is 1.88 bits per heavy atom. The molecule has 3 aliphatic heterocycles. The summed E-state index contributed by atoms with van der Waals surface area (Å²) in [5.74, 6) is -1.05. The van der Waals surface area contributed by atoms with Crippen LogP contribution < -0.4 is 0 Å². The van der Waals surface area contributed by atoms with Crippen LogP contribution >= 0.6 is 0 Å². The van der Waals surface area contributed by atoms with Crippen LogP contribution in [0.25, 0.3) is 0 Å². The first-order chi connectivity index (χ1) is 11.9. The summed E-state index contributed by atoms with van der Waals surface area (Å²) in [5, 5.41) is 0. The normalized spacial score (nSPS) is 36.2. The lowest BCUT2D eigenvalue weighted by Crippen LogP contribution is -2.42. The standard InChI is InChI=1S/C19H22O6/c1-11-9-13(22-17(11)20)14-15(21-10-12-7-5-4-6-8-12)16-18(23-14)25-19(2,3)24-16/h4-9,13-16,18H,10H2,1-3H3/t13?,14-,15?,16?,18-/m0/s1. The van der Waals surface area contributed by atoms with E-state index in [2.05, 4.69) is 0 Å². The molecule has 1 aromatic rings. The maximum atomic E-state index is 11.7. The monoisotopic (exact) mass is 346 g/mol. The van der Waals surface area contributed by atoms with Gasteiger partial charge in [0, 0.05) is 5.57 Å². The van der Waals surface area contributed by atoms with Crippen molar-refractivity contribution in [1.82, 2.24) is 0 Å². The molecule has 0 aromatic heterocycles. The van der Waals surface area contributed by atoms with Crippen LogP contribution in [0.3, 0.4) is 0 Å². The number of rotatable bonds is 4. The van der Waals surface area contributed by atoms with E-state index in [0.717, 1.165) is 5.56 Å². The van der Waals surface area contributed by atoms with E-state index in [1.165, 1.54) is 0 Å². The van der Waals surface area contributed by atoms with Crippen LogP contribution in [0.15, 0.2) is 42.0 Å². The van der Waals surface area contributed by atoms with E-state index >= 15 is 0 Å². The molecular weight excluding hydrogens is 324 g/mol. The molecular formula is C19H22O6. The van der Waals surface area contributed by atoms with Crippen molar-refractivity contribution in [3.05, 3.63) is 47.5 Å². The van der Waals surface area contributed by atoms with Gasteiger partial charge in [0.15, 0.2) is 12.1 Å². The number of fused-ring (bicyclic) bond motifs is 1. The molecule has 0 aliphatic carbocycles. The number of ether oxygens (including phenoxy) is 5. The first-order valence-corrected chi connectivity index (χ1v) is 8.49. The summed E-state index contributed by atoms with van der Waals surface area (Å²) >= 11 is 0. The third kappa shape index (κ3) is 3.22. The summed E-state index contributed by atoms with van der Waals surface area (Å²) in [6.45, 7) is 5.84. The van der Waals surface area contributed by atoms with Crippen LogP contribution in [0.1, 0.15) is 26.3 Å². The molecule has 0 saturated carbocycles. The first-order valence-electron chi connectivity index (χ1n) is 8.49. The van der Waals surface area contributed by atoms with Crippen molar-refractivity contribution in [3.63, 3.8) is 0 Å². The van der Waals surface area contributed by atoms with Gasteiger partial charge in [-0.1, -0.05) is 30.3 Å². The molecule has 25 heavy (non-hydrogen) atoms. The van der Waals surface area contributed by atoms with Gasteiger partial charge in [-0.2, -0.15) is 0 Å². The lowest BCUT2D eigenvalue weighted by atomic mass is 10.0. The van der Waals surface area contributed by atoms with E-state index in [4.69, 9.17) is 23.7 Å². The minimum Gasteiger partial charge on any atom is -0.452 e. The Morgan fingerprint density at radius 3 is 2.56 bits per heavy atom. The first kappa shape index (κ1) is 16.7. The summed E-state index contributed by atoms with van der Waals surface area (Å²) in [7, 11) is 0. The van der Waals surface area contributed by atoms with Gasteiger partial charge < -0.3 is 23.7 Å². The Morgan fingerprint density at radius 1 is 1.12 bits per heavy atom. The highest BCUT2D eigenvalue weighted by molar-refractivity contribution is 5.90. The van der Waals surface area contributed by atoms with Crippen molar-refractivity contribution in [1.29, 1.82) is 0 Å².